The predicted octanol–water partition coefficient (Wildman–Crippen LogP) is 4.48. The first-order valence-corrected chi connectivity index (χ1v) is 11.7. The van der Waals surface area contributed by atoms with Crippen molar-refractivity contribution in [2.45, 2.75) is 26.2 Å². The molecule has 32 heavy (non-hydrogen) atoms. The number of nitrogens with zero attached hydrogens (tertiary/aromatic N) is 3. The maximum atomic E-state index is 12.2. The Labute approximate surface area is 193 Å². The Morgan fingerprint density at radius 3 is 2.72 bits per heavy atom. The summed E-state index contributed by atoms with van der Waals surface area (Å²) < 4.78 is 9.74. The fourth-order valence-electron chi connectivity index (χ4n) is 3.78. The zero-order valence-corrected chi connectivity index (χ0v) is 19.3. The van der Waals surface area contributed by atoms with Gasteiger partial charge in [-0.2, -0.15) is 4.37 Å². The van der Waals surface area contributed by atoms with Crippen molar-refractivity contribution in [2.24, 2.45) is 5.92 Å². The van der Waals surface area contributed by atoms with E-state index in [1.807, 2.05) is 18.2 Å². The number of aryl methyl sites for hydroxylation is 1. The third-order valence-electron chi connectivity index (χ3n) is 5.70. The number of benzene rings is 2. The van der Waals surface area contributed by atoms with Crippen molar-refractivity contribution in [2.75, 3.05) is 37.0 Å². The molecular formula is C24H29N5O2S. The van der Waals surface area contributed by atoms with E-state index in [4.69, 9.17) is 9.72 Å². The van der Waals surface area contributed by atoms with Gasteiger partial charge in [0.1, 0.15) is 11.6 Å². The molecule has 1 saturated heterocycles. The van der Waals surface area contributed by atoms with Gasteiger partial charge in [-0.15, -0.1) is 0 Å². The second kappa shape index (κ2) is 10.5. The molecule has 0 spiro atoms. The van der Waals surface area contributed by atoms with E-state index in [0.29, 0.717) is 18.2 Å². The first-order chi connectivity index (χ1) is 15.6. The minimum atomic E-state index is -0.189. The molecule has 3 aromatic rings. The number of hydrogen-bond donors (Lipinski definition) is 2. The van der Waals surface area contributed by atoms with Crippen molar-refractivity contribution in [3.05, 3.63) is 65.5 Å². The largest absolute Gasteiger partial charge is 0.497 e. The average molecular weight is 452 g/mol. The molecule has 8 heteroatoms. The van der Waals surface area contributed by atoms with Crippen LogP contribution in [0.2, 0.25) is 0 Å². The highest BCUT2D eigenvalue weighted by Gasteiger charge is 2.22. The second-order valence-corrected chi connectivity index (χ2v) is 8.88. The van der Waals surface area contributed by atoms with Crippen LogP contribution in [0.5, 0.6) is 5.75 Å². The third-order valence-corrected chi connectivity index (χ3v) is 6.52. The molecule has 0 atom stereocenters. The van der Waals surface area contributed by atoms with Crippen molar-refractivity contribution in [3.8, 4) is 5.75 Å². The van der Waals surface area contributed by atoms with Gasteiger partial charge in [0.05, 0.1) is 7.11 Å². The third kappa shape index (κ3) is 5.97. The number of carbonyl (C=O) groups excluding carboxylic acids is 1. The van der Waals surface area contributed by atoms with Crippen molar-refractivity contribution in [1.82, 2.24) is 14.7 Å². The van der Waals surface area contributed by atoms with Gasteiger partial charge < -0.3 is 20.3 Å². The summed E-state index contributed by atoms with van der Waals surface area (Å²) >= 11 is 1.48. The van der Waals surface area contributed by atoms with E-state index in [9.17, 15) is 4.79 Å². The van der Waals surface area contributed by atoms with Crippen LogP contribution in [0.1, 0.15) is 29.8 Å². The quantitative estimate of drug-likeness (QED) is 0.554. The van der Waals surface area contributed by atoms with Gasteiger partial charge in [0, 0.05) is 49.3 Å². The molecule has 0 bridgehead atoms. The predicted molar refractivity (Wildman–Crippen MR) is 129 cm³/mol. The standard InChI is InChI=1S/C24H29N5O2S/c1-17-6-8-18(9-7-17)14-22-27-24(32-28-22)29-12-10-19(11-13-29)16-25-23(30)26-20-4-3-5-21(15-20)31-2/h3-9,15,19H,10-14,16H2,1-2H3,(H2,25,26,30). The maximum Gasteiger partial charge on any atom is 0.319 e. The van der Waals surface area contributed by atoms with Crippen molar-refractivity contribution < 1.29 is 9.53 Å². The maximum absolute atomic E-state index is 12.2. The first-order valence-electron chi connectivity index (χ1n) is 10.9. The number of rotatable bonds is 7. The van der Waals surface area contributed by atoms with Crippen LogP contribution in [-0.2, 0) is 6.42 Å². The Bertz CT molecular complexity index is 1030. The van der Waals surface area contributed by atoms with Gasteiger partial charge in [0.2, 0.25) is 5.13 Å². The molecule has 2 aromatic carbocycles. The Balaban J connectivity index is 1.21. The van der Waals surface area contributed by atoms with Gasteiger partial charge in [0.15, 0.2) is 0 Å². The van der Waals surface area contributed by atoms with Gasteiger partial charge in [-0.25, -0.2) is 9.78 Å². The zero-order chi connectivity index (χ0) is 22.3. The van der Waals surface area contributed by atoms with Crippen molar-refractivity contribution in [3.63, 3.8) is 0 Å². The van der Waals surface area contributed by atoms with Crippen molar-refractivity contribution in [1.29, 1.82) is 0 Å². The molecule has 0 saturated carbocycles. The minimum Gasteiger partial charge on any atom is -0.497 e. The summed E-state index contributed by atoms with van der Waals surface area (Å²) in [5.41, 5.74) is 3.21. The molecule has 1 aromatic heterocycles. The van der Waals surface area contributed by atoms with Gasteiger partial charge >= 0.3 is 6.03 Å². The Morgan fingerprint density at radius 1 is 1.19 bits per heavy atom. The summed E-state index contributed by atoms with van der Waals surface area (Å²) in [6.45, 7) is 4.62. The van der Waals surface area contributed by atoms with Crippen LogP contribution in [0.4, 0.5) is 15.6 Å². The number of nitrogens with one attached hydrogen (secondary N) is 2. The smallest absolute Gasteiger partial charge is 0.319 e. The summed E-state index contributed by atoms with van der Waals surface area (Å²) in [5.74, 6) is 2.06. The molecule has 1 aliphatic rings. The molecule has 2 heterocycles. The lowest BCUT2D eigenvalue weighted by atomic mass is 9.97. The Morgan fingerprint density at radius 2 is 1.97 bits per heavy atom. The number of carbonyl (C=O) groups is 1. The van der Waals surface area contributed by atoms with E-state index in [1.54, 1.807) is 13.2 Å². The van der Waals surface area contributed by atoms with Crippen LogP contribution in [-0.4, -0.2) is 42.1 Å². The number of amides is 2. The number of anilines is 2. The highest BCUT2D eigenvalue weighted by atomic mass is 32.1. The topological polar surface area (TPSA) is 79.4 Å². The van der Waals surface area contributed by atoms with E-state index in [1.165, 1.54) is 22.7 Å². The number of ether oxygens (including phenoxy) is 1. The van der Waals surface area contributed by atoms with E-state index in [2.05, 4.69) is 51.1 Å². The van der Waals surface area contributed by atoms with E-state index < -0.39 is 0 Å². The number of aromatic nitrogens is 2. The molecule has 168 valence electrons. The fourth-order valence-corrected chi connectivity index (χ4v) is 4.51. The summed E-state index contributed by atoms with van der Waals surface area (Å²) in [7, 11) is 1.61. The fraction of sp³-hybridized carbons (Fsp3) is 0.375. The monoisotopic (exact) mass is 451 g/mol. The van der Waals surface area contributed by atoms with Crippen LogP contribution in [0.3, 0.4) is 0 Å². The number of piperidine rings is 1. The molecule has 4 rings (SSSR count). The van der Waals surface area contributed by atoms with Gasteiger partial charge in [-0.3, -0.25) is 0 Å². The van der Waals surface area contributed by atoms with Crippen LogP contribution >= 0.6 is 11.5 Å². The zero-order valence-electron chi connectivity index (χ0n) is 18.5. The highest BCUT2D eigenvalue weighted by Crippen LogP contribution is 2.25. The molecule has 1 aliphatic heterocycles. The number of methoxy groups -OCH3 is 1. The van der Waals surface area contributed by atoms with E-state index >= 15 is 0 Å². The van der Waals surface area contributed by atoms with Crippen LogP contribution in [0.15, 0.2) is 48.5 Å². The minimum absolute atomic E-state index is 0.189. The molecule has 1 fully saturated rings. The normalized spacial score (nSPS) is 14.2. The number of hydrogen-bond acceptors (Lipinski definition) is 6. The van der Waals surface area contributed by atoms with Crippen LogP contribution < -0.4 is 20.3 Å². The molecule has 7 nitrogen and oxygen atoms in total. The van der Waals surface area contributed by atoms with E-state index in [0.717, 1.165) is 49.0 Å². The second-order valence-electron chi connectivity index (χ2n) is 8.15. The average Bonchev–Trinajstić information content (AvgIpc) is 3.28. The molecule has 0 aliphatic carbocycles. The van der Waals surface area contributed by atoms with Crippen LogP contribution in [0, 0.1) is 12.8 Å². The molecule has 2 N–H and O–H groups in total. The Kier molecular flexibility index (Phi) is 7.21. The summed E-state index contributed by atoms with van der Waals surface area (Å²) in [4.78, 5) is 19.3. The lowest BCUT2D eigenvalue weighted by Gasteiger charge is -2.31. The lowest BCUT2D eigenvalue weighted by Crippen LogP contribution is -2.39. The van der Waals surface area contributed by atoms with Gasteiger partial charge in [0.25, 0.3) is 0 Å². The lowest BCUT2D eigenvalue weighted by molar-refractivity contribution is 0.248. The summed E-state index contributed by atoms with van der Waals surface area (Å²) in [6.07, 6.45) is 2.80. The summed E-state index contributed by atoms with van der Waals surface area (Å²) in [5, 5.41) is 6.85. The first kappa shape index (κ1) is 22.1. The van der Waals surface area contributed by atoms with Gasteiger partial charge in [-0.05, 0) is 43.4 Å². The molecule has 0 radical (unpaired) electrons. The highest BCUT2D eigenvalue weighted by molar-refractivity contribution is 7.09. The van der Waals surface area contributed by atoms with Gasteiger partial charge in [-0.1, -0.05) is 35.9 Å². The summed E-state index contributed by atoms with van der Waals surface area (Å²) in [6, 6.07) is 15.7. The molecule has 2 amide bonds. The molecular weight excluding hydrogens is 422 g/mol. The number of urea groups is 1. The molecule has 0 unspecified atom stereocenters. The van der Waals surface area contributed by atoms with Crippen molar-refractivity contribution >= 4 is 28.4 Å². The van der Waals surface area contributed by atoms with Crippen LogP contribution in [0.25, 0.3) is 0 Å². The van der Waals surface area contributed by atoms with E-state index in [-0.39, 0.29) is 6.03 Å². The SMILES string of the molecule is COc1cccc(NC(=O)NCC2CCN(c3nc(Cc4ccc(C)cc4)ns3)CC2)c1. The Hall–Kier alpha value is -3.13.